The highest BCUT2D eigenvalue weighted by molar-refractivity contribution is 7.98. The number of nitrogens with one attached hydrogen (secondary N) is 1. The number of hydrogen-bond acceptors (Lipinski definition) is 5. The molecule has 0 aliphatic carbocycles. The number of benzene rings is 2. The average molecular weight is 390 g/mol. The van der Waals surface area contributed by atoms with E-state index >= 15 is 0 Å². The molecule has 0 bridgehead atoms. The average Bonchev–Trinajstić information content (AvgIpc) is 2.73. The largest absolute Gasteiger partial charge is 0.462 e. The van der Waals surface area contributed by atoms with Gasteiger partial charge < -0.3 is 9.72 Å². The quantitative estimate of drug-likeness (QED) is 0.499. The van der Waals surface area contributed by atoms with E-state index in [2.05, 4.69) is 11.1 Å². The van der Waals surface area contributed by atoms with Gasteiger partial charge in [-0.15, -0.1) is 11.8 Å². The van der Waals surface area contributed by atoms with E-state index in [-0.39, 0.29) is 11.5 Å². The molecule has 0 aliphatic rings. The van der Waals surface area contributed by atoms with Gasteiger partial charge in [-0.3, -0.25) is 4.79 Å². The molecule has 3 aromatic rings. The standard InChI is InChI=1S/C22H18N2O3S/c1-2-27-22(26)17-10-6-7-15(11-17)14-28-21-19(13-23)18(12-20(25)24-21)16-8-4-3-5-9-16/h3-12H,2,14H2,1H3,(H,24,25). The van der Waals surface area contributed by atoms with Crippen LogP contribution in [0.2, 0.25) is 0 Å². The Bertz CT molecular complexity index is 1080. The highest BCUT2D eigenvalue weighted by atomic mass is 32.2. The van der Waals surface area contributed by atoms with E-state index in [0.29, 0.717) is 34.1 Å². The normalized spacial score (nSPS) is 10.3. The van der Waals surface area contributed by atoms with Gasteiger partial charge in [0.25, 0.3) is 0 Å². The molecule has 2 aromatic carbocycles. The first-order chi connectivity index (χ1) is 13.6. The maximum absolute atomic E-state index is 12.1. The van der Waals surface area contributed by atoms with Crippen LogP contribution in [0, 0.1) is 11.3 Å². The number of ether oxygens (including phenoxy) is 1. The lowest BCUT2D eigenvalue weighted by molar-refractivity contribution is 0.0526. The molecule has 1 aromatic heterocycles. The van der Waals surface area contributed by atoms with Crippen LogP contribution in [0.25, 0.3) is 11.1 Å². The minimum Gasteiger partial charge on any atom is -0.462 e. The Morgan fingerprint density at radius 2 is 1.93 bits per heavy atom. The minimum absolute atomic E-state index is 0.263. The molecule has 0 atom stereocenters. The fourth-order valence-corrected chi connectivity index (χ4v) is 3.72. The van der Waals surface area contributed by atoms with Crippen molar-refractivity contribution in [1.82, 2.24) is 4.98 Å². The SMILES string of the molecule is CCOC(=O)c1cccc(CSc2[nH]c(=O)cc(-c3ccccc3)c2C#N)c1. The van der Waals surface area contributed by atoms with Gasteiger partial charge in [-0.1, -0.05) is 42.5 Å². The van der Waals surface area contributed by atoms with Crippen LogP contribution in [0.3, 0.4) is 0 Å². The van der Waals surface area contributed by atoms with E-state index in [1.807, 2.05) is 36.4 Å². The summed E-state index contributed by atoms with van der Waals surface area (Å²) in [6, 6.07) is 20.1. The Hall–Kier alpha value is -3.30. The second-order valence-corrected chi connectivity index (χ2v) is 6.92. The first-order valence-electron chi connectivity index (χ1n) is 8.74. The van der Waals surface area contributed by atoms with Crippen LogP contribution in [0.4, 0.5) is 0 Å². The molecular weight excluding hydrogens is 372 g/mol. The number of nitrogens with zero attached hydrogens (tertiary/aromatic N) is 1. The lowest BCUT2D eigenvalue weighted by atomic mass is 10.0. The summed E-state index contributed by atoms with van der Waals surface area (Å²) in [6.45, 7) is 2.08. The van der Waals surface area contributed by atoms with Crippen molar-refractivity contribution < 1.29 is 9.53 Å². The molecule has 1 heterocycles. The monoisotopic (exact) mass is 390 g/mol. The molecule has 0 spiro atoms. The van der Waals surface area contributed by atoms with Gasteiger partial charge in [0.15, 0.2) is 0 Å². The molecular formula is C22H18N2O3S. The van der Waals surface area contributed by atoms with E-state index < -0.39 is 0 Å². The summed E-state index contributed by atoms with van der Waals surface area (Å²) in [4.78, 5) is 26.8. The number of carbonyl (C=O) groups excluding carboxylic acids is 1. The Labute approximate surface area is 167 Å². The van der Waals surface area contributed by atoms with E-state index in [0.717, 1.165) is 11.1 Å². The third-order valence-electron chi connectivity index (χ3n) is 4.03. The van der Waals surface area contributed by atoms with Gasteiger partial charge in [0.1, 0.15) is 6.07 Å². The Morgan fingerprint density at radius 3 is 2.64 bits per heavy atom. The second kappa shape index (κ2) is 9.07. The fourth-order valence-electron chi connectivity index (χ4n) is 2.76. The van der Waals surface area contributed by atoms with Crippen LogP contribution >= 0.6 is 11.8 Å². The molecule has 5 nitrogen and oxygen atoms in total. The van der Waals surface area contributed by atoms with Gasteiger partial charge in [0, 0.05) is 17.4 Å². The number of thioether (sulfide) groups is 1. The van der Waals surface area contributed by atoms with Gasteiger partial charge >= 0.3 is 5.97 Å². The summed E-state index contributed by atoms with van der Waals surface area (Å²) >= 11 is 1.35. The molecule has 0 radical (unpaired) electrons. The van der Waals surface area contributed by atoms with Crippen LogP contribution in [-0.2, 0) is 10.5 Å². The number of nitriles is 1. The fraction of sp³-hybridized carbons (Fsp3) is 0.136. The summed E-state index contributed by atoms with van der Waals surface area (Å²) in [5, 5.41) is 10.2. The molecule has 0 unspecified atom stereocenters. The van der Waals surface area contributed by atoms with Crippen LogP contribution in [0.5, 0.6) is 0 Å². The van der Waals surface area contributed by atoms with Crippen molar-refractivity contribution in [3.05, 3.63) is 87.7 Å². The highest BCUT2D eigenvalue weighted by Crippen LogP contribution is 2.30. The Morgan fingerprint density at radius 1 is 1.14 bits per heavy atom. The second-order valence-electron chi connectivity index (χ2n) is 5.94. The Balaban J connectivity index is 1.89. The number of rotatable bonds is 6. The molecule has 0 saturated heterocycles. The van der Waals surface area contributed by atoms with E-state index in [1.165, 1.54) is 17.8 Å². The topological polar surface area (TPSA) is 83.0 Å². The smallest absolute Gasteiger partial charge is 0.338 e. The summed E-state index contributed by atoms with van der Waals surface area (Å²) in [5.41, 5.74) is 2.96. The molecule has 1 N–H and O–H groups in total. The summed E-state index contributed by atoms with van der Waals surface area (Å²) in [6.07, 6.45) is 0. The Kier molecular flexibility index (Phi) is 6.30. The van der Waals surface area contributed by atoms with Gasteiger partial charge in [-0.2, -0.15) is 5.26 Å². The van der Waals surface area contributed by atoms with Crippen LogP contribution in [0.1, 0.15) is 28.4 Å². The van der Waals surface area contributed by atoms with Crippen molar-refractivity contribution in [3.8, 4) is 17.2 Å². The van der Waals surface area contributed by atoms with Crippen LogP contribution in [0.15, 0.2) is 70.5 Å². The summed E-state index contributed by atoms with van der Waals surface area (Å²) in [5.74, 6) is 0.127. The zero-order valence-corrected chi connectivity index (χ0v) is 16.1. The number of esters is 1. The van der Waals surface area contributed by atoms with Crippen molar-refractivity contribution in [2.24, 2.45) is 0 Å². The lowest BCUT2D eigenvalue weighted by Crippen LogP contribution is -2.08. The number of H-pyrrole nitrogens is 1. The number of aromatic amines is 1. The molecule has 0 aliphatic heterocycles. The summed E-state index contributed by atoms with van der Waals surface area (Å²) in [7, 11) is 0. The maximum Gasteiger partial charge on any atom is 0.338 e. The predicted octanol–water partition coefficient (Wildman–Crippen LogP) is 4.38. The predicted molar refractivity (Wildman–Crippen MR) is 109 cm³/mol. The third kappa shape index (κ3) is 4.51. The van der Waals surface area contributed by atoms with Crippen molar-refractivity contribution in [1.29, 1.82) is 5.26 Å². The number of pyridine rings is 1. The molecule has 3 rings (SSSR count). The maximum atomic E-state index is 12.1. The zero-order valence-electron chi connectivity index (χ0n) is 15.3. The molecule has 0 amide bonds. The number of aromatic nitrogens is 1. The molecule has 140 valence electrons. The number of carbonyl (C=O) groups is 1. The minimum atomic E-state index is -0.369. The van der Waals surface area contributed by atoms with Crippen molar-refractivity contribution in [2.75, 3.05) is 6.61 Å². The third-order valence-corrected chi connectivity index (χ3v) is 5.10. The molecule has 0 saturated carbocycles. The molecule has 0 fully saturated rings. The first-order valence-corrected chi connectivity index (χ1v) is 9.72. The molecule has 28 heavy (non-hydrogen) atoms. The van der Waals surface area contributed by atoms with E-state index in [1.54, 1.807) is 25.1 Å². The zero-order chi connectivity index (χ0) is 19.9. The van der Waals surface area contributed by atoms with Gasteiger partial charge in [0.05, 0.1) is 22.8 Å². The van der Waals surface area contributed by atoms with E-state index in [4.69, 9.17) is 4.74 Å². The van der Waals surface area contributed by atoms with Crippen LogP contribution < -0.4 is 5.56 Å². The van der Waals surface area contributed by atoms with Gasteiger partial charge in [-0.05, 0) is 30.2 Å². The molecule has 6 heteroatoms. The highest BCUT2D eigenvalue weighted by Gasteiger charge is 2.14. The van der Waals surface area contributed by atoms with Crippen molar-refractivity contribution in [3.63, 3.8) is 0 Å². The van der Waals surface area contributed by atoms with E-state index in [9.17, 15) is 14.9 Å². The van der Waals surface area contributed by atoms with Gasteiger partial charge in [0.2, 0.25) is 5.56 Å². The number of hydrogen-bond donors (Lipinski definition) is 1. The van der Waals surface area contributed by atoms with Gasteiger partial charge in [-0.25, -0.2) is 4.79 Å². The summed E-state index contributed by atoms with van der Waals surface area (Å²) < 4.78 is 5.03. The van der Waals surface area contributed by atoms with Crippen molar-refractivity contribution >= 4 is 17.7 Å². The van der Waals surface area contributed by atoms with Crippen molar-refractivity contribution in [2.45, 2.75) is 17.7 Å². The lowest BCUT2D eigenvalue weighted by Gasteiger charge is -2.10. The van der Waals surface area contributed by atoms with Crippen LogP contribution in [-0.4, -0.2) is 17.6 Å². The first kappa shape index (κ1) is 19.5.